The summed E-state index contributed by atoms with van der Waals surface area (Å²) in [5, 5.41) is 0.222. The fourth-order valence-electron chi connectivity index (χ4n) is 1.95. The van der Waals surface area contributed by atoms with Crippen LogP contribution in [0.1, 0.15) is 30.9 Å². The third-order valence-corrected chi connectivity index (χ3v) is 2.77. The summed E-state index contributed by atoms with van der Waals surface area (Å²) in [6.45, 7) is 3.47. The fourth-order valence-corrected chi connectivity index (χ4v) is 1.95. The second kappa shape index (κ2) is 4.23. The van der Waals surface area contributed by atoms with Crippen molar-refractivity contribution in [3.63, 3.8) is 0 Å². The van der Waals surface area contributed by atoms with Crippen molar-refractivity contribution < 1.29 is 17.6 Å². The molecule has 1 heterocycles. The van der Waals surface area contributed by atoms with Gasteiger partial charge in [-0.3, -0.25) is 4.98 Å². The molecule has 0 aliphatic carbocycles. The molecule has 0 saturated carbocycles. The molecule has 0 fully saturated rings. The Balaban J connectivity index is 2.77. The van der Waals surface area contributed by atoms with Crippen LogP contribution in [-0.4, -0.2) is 4.98 Å². The zero-order valence-electron chi connectivity index (χ0n) is 9.85. The largest absolute Gasteiger partial charge is 0.416 e. The van der Waals surface area contributed by atoms with Crippen molar-refractivity contribution >= 4 is 10.9 Å². The van der Waals surface area contributed by atoms with Crippen LogP contribution in [0, 0.1) is 5.82 Å². The summed E-state index contributed by atoms with van der Waals surface area (Å²) in [7, 11) is 0. The molecular weight excluding hydrogens is 246 g/mol. The van der Waals surface area contributed by atoms with E-state index in [1.54, 1.807) is 13.8 Å². The van der Waals surface area contributed by atoms with Crippen molar-refractivity contribution in [2.75, 3.05) is 0 Å². The van der Waals surface area contributed by atoms with Crippen molar-refractivity contribution in [3.8, 4) is 0 Å². The minimum absolute atomic E-state index is 0.209. The highest BCUT2D eigenvalue weighted by Crippen LogP contribution is 2.34. The second-order valence-electron chi connectivity index (χ2n) is 4.40. The third kappa shape index (κ3) is 2.17. The summed E-state index contributed by atoms with van der Waals surface area (Å²) >= 11 is 0. The summed E-state index contributed by atoms with van der Waals surface area (Å²) in [6.07, 6.45) is -3.39. The zero-order valence-corrected chi connectivity index (χ0v) is 9.85. The van der Waals surface area contributed by atoms with Gasteiger partial charge in [0.15, 0.2) is 0 Å². The van der Waals surface area contributed by atoms with Gasteiger partial charge in [-0.05, 0) is 24.1 Å². The number of rotatable bonds is 1. The maximum atomic E-state index is 13.7. The molecule has 0 aliphatic rings. The number of halogens is 4. The molecule has 96 valence electrons. The van der Waals surface area contributed by atoms with Gasteiger partial charge >= 0.3 is 6.18 Å². The maximum Gasteiger partial charge on any atom is 0.416 e. The number of hydrogen-bond donors (Lipinski definition) is 0. The van der Waals surface area contributed by atoms with E-state index in [4.69, 9.17) is 0 Å². The van der Waals surface area contributed by atoms with Gasteiger partial charge in [0.25, 0.3) is 0 Å². The molecule has 1 aromatic carbocycles. The lowest BCUT2D eigenvalue weighted by molar-refractivity contribution is -0.137. The molecule has 0 atom stereocenters. The second-order valence-corrected chi connectivity index (χ2v) is 4.40. The van der Waals surface area contributed by atoms with Crippen molar-refractivity contribution in [2.24, 2.45) is 0 Å². The molecule has 0 N–H and O–H groups in total. The van der Waals surface area contributed by atoms with Crippen LogP contribution in [0.3, 0.4) is 0 Å². The topological polar surface area (TPSA) is 12.9 Å². The van der Waals surface area contributed by atoms with Crippen LogP contribution < -0.4 is 0 Å². The first-order valence-corrected chi connectivity index (χ1v) is 5.46. The minimum Gasteiger partial charge on any atom is -0.253 e. The Bertz CT molecular complexity index is 587. The summed E-state index contributed by atoms with van der Waals surface area (Å²) in [5.41, 5.74) is -0.150. The SMILES string of the molecule is CC(C)c1c(F)cnc2ccc(C(F)(F)F)cc12. The van der Waals surface area contributed by atoms with Crippen LogP contribution in [0.4, 0.5) is 17.6 Å². The quantitative estimate of drug-likeness (QED) is 0.684. The van der Waals surface area contributed by atoms with E-state index in [0.717, 1.165) is 18.3 Å². The smallest absolute Gasteiger partial charge is 0.253 e. The lowest BCUT2D eigenvalue weighted by Gasteiger charge is -2.13. The first-order valence-electron chi connectivity index (χ1n) is 5.46. The molecule has 0 aliphatic heterocycles. The number of hydrogen-bond acceptors (Lipinski definition) is 1. The van der Waals surface area contributed by atoms with Crippen LogP contribution in [0.15, 0.2) is 24.4 Å². The van der Waals surface area contributed by atoms with Gasteiger partial charge in [0.05, 0.1) is 17.3 Å². The average molecular weight is 257 g/mol. The van der Waals surface area contributed by atoms with Crippen LogP contribution in [0.25, 0.3) is 10.9 Å². The molecule has 2 aromatic rings. The molecular formula is C13H11F4N. The van der Waals surface area contributed by atoms with E-state index in [2.05, 4.69) is 4.98 Å². The summed E-state index contributed by atoms with van der Waals surface area (Å²) in [4.78, 5) is 3.80. The number of alkyl halides is 3. The van der Waals surface area contributed by atoms with E-state index in [1.165, 1.54) is 6.07 Å². The third-order valence-electron chi connectivity index (χ3n) is 2.77. The van der Waals surface area contributed by atoms with Crippen LogP contribution >= 0.6 is 0 Å². The highest BCUT2D eigenvalue weighted by molar-refractivity contribution is 5.83. The first-order chi connectivity index (χ1) is 8.30. The van der Waals surface area contributed by atoms with Crippen molar-refractivity contribution in [2.45, 2.75) is 25.9 Å². The molecule has 1 nitrogen and oxygen atoms in total. The number of fused-ring (bicyclic) bond motifs is 1. The van der Waals surface area contributed by atoms with Crippen LogP contribution in [0.5, 0.6) is 0 Å². The lowest BCUT2D eigenvalue weighted by atomic mass is 9.97. The zero-order chi connectivity index (χ0) is 13.5. The molecule has 18 heavy (non-hydrogen) atoms. The molecule has 5 heteroatoms. The molecule has 1 aromatic heterocycles. The van der Waals surface area contributed by atoms with Gasteiger partial charge in [-0.2, -0.15) is 13.2 Å². The molecule has 0 amide bonds. The Labute approximate surface area is 101 Å². The van der Waals surface area contributed by atoms with Gasteiger partial charge in [-0.25, -0.2) is 4.39 Å². The number of pyridine rings is 1. The van der Waals surface area contributed by atoms with Crippen molar-refractivity contribution in [3.05, 3.63) is 41.3 Å². The molecule has 0 unspecified atom stereocenters. The van der Waals surface area contributed by atoms with Gasteiger partial charge in [-0.15, -0.1) is 0 Å². The summed E-state index contributed by atoms with van der Waals surface area (Å²) in [5.74, 6) is -0.782. The van der Waals surface area contributed by atoms with Crippen molar-refractivity contribution in [1.82, 2.24) is 4.98 Å². The predicted molar refractivity (Wildman–Crippen MR) is 60.8 cm³/mol. The molecule has 2 rings (SSSR count). The Morgan fingerprint density at radius 2 is 1.83 bits per heavy atom. The molecule has 0 spiro atoms. The average Bonchev–Trinajstić information content (AvgIpc) is 2.26. The Kier molecular flexibility index (Phi) is 3.00. The van der Waals surface area contributed by atoms with Crippen molar-refractivity contribution in [1.29, 1.82) is 0 Å². The highest BCUT2D eigenvalue weighted by Gasteiger charge is 2.31. The maximum absolute atomic E-state index is 13.7. The molecule has 0 bridgehead atoms. The normalized spacial score (nSPS) is 12.4. The minimum atomic E-state index is -4.44. The van der Waals surface area contributed by atoms with Gasteiger partial charge in [0, 0.05) is 10.9 Å². The Morgan fingerprint density at radius 1 is 1.17 bits per heavy atom. The Hall–Kier alpha value is -1.65. The van der Waals surface area contributed by atoms with E-state index in [0.29, 0.717) is 5.52 Å². The van der Waals surface area contributed by atoms with E-state index in [1.807, 2.05) is 0 Å². The lowest BCUT2D eigenvalue weighted by Crippen LogP contribution is -2.05. The van der Waals surface area contributed by atoms with E-state index >= 15 is 0 Å². The van der Waals surface area contributed by atoms with E-state index < -0.39 is 17.6 Å². The van der Waals surface area contributed by atoms with E-state index in [9.17, 15) is 17.6 Å². The van der Waals surface area contributed by atoms with Crippen LogP contribution in [-0.2, 0) is 6.18 Å². The van der Waals surface area contributed by atoms with Gasteiger partial charge < -0.3 is 0 Å². The van der Waals surface area contributed by atoms with Gasteiger partial charge in [0.2, 0.25) is 0 Å². The fraction of sp³-hybridized carbons (Fsp3) is 0.308. The highest BCUT2D eigenvalue weighted by atomic mass is 19.4. The van der Waals surface area contributed by atoms with Gasteiger partial charge in [-0.1, -0.05) is 13.8 Å². The number of benzene rings is 1. The molecule has 0 radical (unpaired) electrons. The summed E-state index contributed by atoms with van der Waals surface area (Å²) in [6, 6.07) is 3.18. The van der Waals surface area contributed by atoms with Gasteiger partial charge in [0.1, 0.15) is 5.82 Å². The summed E-state index contributed by atoms with van der Waals surface area (Å²) < 4.78 is 51.6. The Morgan fingerprint density at radius 3 is 2.39 bits per heavy atom. The predicted octanol–water partition coefficient (Wildman–Crippen LogP) is 4.52. The number of aromatic nitrogens is 1. The monoisotopic (exact) mass is 257 g/mol. The number of nitrogens with zero attached hydrogens (tertiary/aromatic N) is 1. The first kappa shape index (κ1) is 12.8. The molecule has 0 saturated heterocycles. The van der Waals surface area contributed by atoms with E-state index in [-0.39, 0.29) is 16.9 Å². The standard InChI is InChI=1S/C13H11F4N/c1-7(2)12-9-5-8(13(15,16)17)3-4-11(9)18-6-10(12)14/h3-7H,1-2H3. The van der Waals surface area contributed by atoms with Crippen LogP contribution in [0.2, 0.25) is 0 Å².